The van der Waals surface area contributed by atoms with Gasteiger partial charge >= 0.3 is 0 Å². The topological polar surface area (TPSA) is 32.3 Å². The molecular formula is C19H22N2OS. The third-order valence-corrected chi connectivity index (χ3v) is 5.19. The standard InChI is InChI=1S/C19H22N2OS/c1-21-13-7-8-15(14-21)19(22)20-17-11-5-6-12-18(17)23-16-9-3-2-4-10-16/h2-6,9-12,15H,7-8,13-14H2,1H3,(H,20,22)/t15-/m0/s1. The number of nitrogens with zero attached hydrogens (tertiary/aromatic N) is 1. The van der Waals surface area contributed by atoms with Crippen molar-refractivity contribution in [1.29, 1.82) is 0 Å². The van der Waals surface area contributed by atoms with Gasteiger partial charge in [0, 0.05) is 16.3 Å². The fourth-order valence-electron chi connectivity index (χ4n) is 2.89. The van der Waals surface area contributed by atoms with Crippen LogP contribution in [0, 0.1) is 5.92 Å². The molecule has 2 aromatic carbocycles. The number of nitrogens with one attached hydrogen (secondary N) is 1. The molecule has 1 aliphatic rings. The summed E-state index contributed by atoms with van der Waals surface area (Å²) >= 11 is 1.68. The number of rotatable bonds is 4. The van der Waals surface area contributed by atoms with Gasteiger partial charge in [0.05, 0.1) is 11.6 Å². The molecule has 0 bridgehead atoms. The number of piperidine rings is 1. The first kappa shape index (κ1) is 16.1. The zero-order chi connectivity index (χ0) is 16.1. The first-order chi connectivity index (χ1) is 11.2. The lowest BCUT2D eigenvalue weighted by atomic mass is 9.97. The summed E-state index contributed by atoms with van der Waals surface area (Å²) in [6.07, 6.45) is 2.07. The average Bonchev–Trinajstić information content (AvgIpc) is 2.57. The second kappa shape index (κ2) is 7.66. The Morgan fingerprint density at radius 2 is 1.87 bits per heavy atom. The molecule has 1 N–H and O–H groups in total. The van der Waals surface area contributed by atoms with Crippen LogP contribution in [0.2, 0.25) is 0 Å². The fourth-order valence-corrected chi connectivity index (χ4v) is 3.81. The van der Waals surface area contributed by atoms with Crippen molar-refractivity contribution in [3.05, 3.63) is 54.6 Å². The van der Waals surface area contributed by atoms with E-state index in [2.05, 4.69) is 35.5 Å². The van der Waals surface area contributed by atoms with Crippen molar-refractivity contribution in [2.75, 3.05) is 25.5 Å². The number of likely N-dealkylation sites (tertiary alicyclic amines) is 1. The second-order valence-electron chi connectivity index (χ2n) is 6.00. The van der Waals surface area contributed by atoms with Gasteiger partial charge in [-0.15, -0.1) is 0 Å². The van der Waals surface area contributed by atoms with Crippen molar-refractivity contribution in [1.82, 2.24) is 4.90 Å². The lowest BCUT2D eigenvalue weighted by Gasteiger charge is -2.28. The number of amides is 1. The highest BCUT2D eigenvalue weighted by Crippen LogP contribution is 2.33. The van der Waals surface area contributed by atoms with Gasteiger partial charge in [0.2, 0.25) is 5.91 Å². The highest BCUT2D eigenvalue weighted by molar-refractivity contribution is 7.99. The van der Waals surface area contributed by atoms with Gasteiger partial charge in [-0.05, 0) is 50.7 Å². The summed E-state index contributed by atoms with van der Waals surface area (Å²) in [5.41, 5.74) is 0.902. The lowest BCUT2D eigenvalue weighted by molar-refractivity contribution is -0.121. The second-order valence-corrected chi connectivity index (χ2v) is 7.12. The highest BCUT2D eigenvalue weighted by atomic mass is 32.2. The molecule has 2 aromatic rings. The van der Waals surface area contributed by atoms with E-state index in [0.29, 0.717) is 0 Å². The normalized spacial score (nSPS) is 18.6. The molecule has 0 aliphatic carbocycles. The maximum Gasteiger partial charge on any atom is 0.228 e. The number of carbonyl (C=O) groups excluding carboxylic acids is 1. The van der Waals surface area contributed by atoms with Gasteiger partial charge in [0.1, 0.15) is 0 Å². The predicted molar refractivity (Wildman–Crippen MR) is 95.9 cm³/mol. The van der Waals surface area contributed by atoms with Gasteiger partial charge in [-0.3, -0.25) is 4.79 Å². The average molecular weight is 326 g/mol. The highest BCUT2D eigenvalue weighted by Gasteiger charge is 2.24. The molecule has 0 aromatic heterocycles. The Labute approximate surface area is 142 Å². The smallest absolute Gasteiger partial charge is 0.228 e. The van der Waals surface area contributed by atoms with E-state index in [-0.39, 0.29) is 11.8 Å². The van der Waals surface area contributed by atoms with Crippen LogP contribution in [0.15, 0.2) is 64.4 Å². The number of para-hydroxylation sites is 1. The molecule has 0 spiro atoms. The van der Waals surface area contributed by atoms with Crippen LogP contribution < -0.4 is 5.32 Å². The van der Waals surface area contributed by atoms with Crippen LogP contribution in [-0.4, -0.2) is 30.9 Å². The number of hydrogen-bond acceptors (Lipinski definition) is 3. The van der Waals surface area contributed by atoms with E-state index >= 15 is 0 Å². The zero-order valence-corrected chi connectivity index (χ0v) is 14.2. The molecule has 1 heterocycles. The van der Waals surface area contributed by atoms with E-state index in [4.69, 9.17) is 0 Å². The molecule has 1 fully saturated rings. The van der Waals surface area contributed by atoms with E-state index in [9.17, 15) is 4.79 Å². The van der Waals surface area contributed by atoms with Gasteiger partial charge < -0.3 is 10.2 Å². The fraction of sp³-hybridized carbons (Fsp3) is 0.316. The molecule has 3 rings (SSSR count). The minimum absolute atomic E-state index is 0.0866. The van der Waals surface area contributed by atoms with Crippen molar-refractivity contribution in [3.8, 4) is 0 Å². The molecular weight excluding hydrogens is 304 g/mol. The Morgan fingerprint density at radius 3 is 2.65 bits per heavy atom. The molecule has 3 nitrogen and oxygen atoms in total. The summed E-state index contributed by atoms with van der Waals surface area (Å²) in [4.78, 5) is 17.1. The van der Waals surface area contributed by atoms with E-state index in [1.807, 2.05) is 36.4 Å². The molecule has 1 amide bonds. The van der Waals surface area contributed by atoms with Crippen LogP contribution in [0.4, 0.5) is 5.69 Å². The molecule has 1 aliphatic heterocycles. The zero-order valence-electron chi connectivity index (χ0n) is 13.4. The van der Waals surface area contributed by atoms with Gasteiger partial charge in [0.25, 0.3) is 0 Å². The Kier molecular flexibility index (Phi) is 5.36. The molecule has 0 unspecified atom stereocenters. The van der Waals surface area contributed by atoms with E-state index in [1.165, 1.54) is 4.90 Å². The van der Waals surface area contributed by atoms with E-state index < -0.39 is 0 Å². The van der Waals surface area contributed by atoms with Crippen LogP contribution in [0.5, 0.6) is 0 Å². The molecule has 23 heavy (non-hydrogen) atoms. The summed E-state index contributed by atoms with van der Waals surface area (Å²) in [6.45, 7) is 1.93. The first-order valence-corrected chi connectivity index (χ1v) is 8.85. The molecule has 0 saturated carbocycles. The van der Waals surface area contributed by atoms with Crippen molar-refractivity contribution < 1.29 is 4.79 Å². The minimum Gasteiger partial charge on any atom is -0.325 e. The lowest BCUT2D eigenvalue weighted by Crippen LogP contribution is -2.38. The van der Waals surface area contributed by atoms with Crippen LogP contribution in [-0.2, 0) is 4.79 Å². The Bertz CT molecular complexity index is 659. The van der Waals surface area contributed by atoms with Crippen molar-refractivity contribution in [2.24, 2.45) is 5.92 Å². The summed E-state index contributed by atoms with van der Waals surface area (Å²) in [5.74, 6) is 0.223. The first-order valence-electron chi connectivity index (χ1n) is 8.04. The van der Waals surface area contributed by atoms with E-state index in [0.717, 1.165) is 36.5 Å². The molecule has 120 valence electrons. The van der Waals surface area contributed by atoms with Crippen molar-refractivity contribution in [3.63, 3.8) is 0 Å². The molecule has 1 atom stereocenters. The summed E-state index contributed by atoms with van der Waals surface area (Å²) in [6, 6.07) is 18.3. The summed E-state index contributed by atoms with van der Waals surface area (Å²) in [7, 11) is 2.08. The Morgan fingerprint density at radius 1 is 1.13 bits per heavy atom. The number of hydrogen-bond donors (Lipinski definition) is 1. The van der Waals surface area contributed by atoms with Crippen molar-refractivity contribution >= 4 is 23.4 Å². The molecule has 1 saturated heterocycles. The summed E-state index contributed by atoms with van der Waals surface area (Å²) in [5, 5.41) is 3.13. The maximum atomic E-state index is 12.6. The number of anilines is 1. The Balaban J connectivity index is 1.71. The SMILES string of the molecule is CN1CCC[C@H](C(=O)Nc2ccccc2Sc2ccccc2)C1. The molecule has 0 radical (unpaired) electrons. The van der Waals surface area contributed by atoms with Crippen molar-refractivity contribution in [2.45, 2.75) is 22.6 Å². The predicted octanol–water partition coefficient (Wildman–Crippen LogP) is 4.12. The van der Waals surface area contributed by atoms with Crippen LogP contribution in [0.1, 0.15) is 12.8 Å². The van der Waals surface area contributed by atoms with Gasteiger partial charge in [-0.2, -0.15) is 0 Å². The quantitative estimate of drug-likeness (QED) is 0.917. The van der Waals surface area contributed by atoms with Gasteiger partial charge in [0.15, 0.2) is 0 Å². The van der Waals surface area contributed by atoms with Gasteiger partial charge in [-0.1, -0.05) is 42.1 Å². The minimum atomic E-state index is 0.0866. The Hall–Kier alpha value is -1.78. The van der Waals surface area contributed by atoms with Gasteiger partial charge in [-0.25, -0.2) is 0 Å². The van der Waals surface area contributed by atoms with Crippen LogP contribution in [0.25, 0.3) is 0 Å². The summed E-state index contributed by atoms with van der Waals surface area (Å²) < 4.78 is 0. The third-order valence-electron chi connectivity index (χ3n) is 4.11. The largest absolute Gasteiger partial charge is 0.325 e. The number of benzene rings is 2. The monoisotopic (exact) mass is 326 g/mol. The maximum absolute atomic E-state index is 12.6. The molecule has 4 heteroatoms. The van der Waals surface area contributed by atoms with Crippen LogP contribution in [0.3, 0.4) is 0 Å². The van der Waals surface area contributed by atoms with Crippen LogP contribution >= 0.6 is 11.8 Å². The third kappa shape index (κ3) is 4.36. The van der Waals surface area contributed by atoms with E-state index in [1.54, 1.807) is 11.8 Å². The number of carbonyl (C=O) groups is 1.